The minimum Gasteiger partial charge on any atom is -0.409 e. The van der Waals surface area contributed by atoms with Crippen LogP contribution in [0.25, 0.3) is 0 Å². The van der Waals surface area contributed by atoms with Gasteiger partial charge in [-0.05, 0) is 24.9 Å². The van der Waals surface area contributed by atoms with Crippen molar-refractivity contribution < 1.29 is 9.60 Å². The van der Waals surface area contributed by atoms with E-state index in [0.717, 1.165) is 18.9 Å². The second-order valence-electron chi connectivity index (χ2n) is 5.73. The minimum absolute atomic E-state index is 0.143. The maximum Gasteiger partial charge on any atom is 0.173 e. The first-order valence-corrected chi connectivity index (χ1v) is 7.68. The predicted molar refractivity (Wildman–Crippen MR) is 81.8 cm³/mol. The van der Waals surface area contributed by atoms with Crippen molar-refractivity contribution in [1.29, 1.82) is 0 Å². The van der Waals surface area contributed by atoms with Gasteiger partial charge in [0.25, 0.3) is 0 Å². The fraction of sp³-hybridized carbons (Fsp3) is 0.562. The van der Waals surface area contributed by atoms with Crippen LogP contribution in [0.3, 0.4) is 0 Å². The van der Waals surface area contributed by atoms with Crippen molar-refractivity contribution in [2.45, 2.75) is 45.1 Å². The van der Waals surface area contributed by atoms with Crippen LogP contribution < -0.4 is 11.1 Å². The molecule has 5 heteroatoms. The third-order valence-electron chi connectivity index (χ3n) is 4.23. The second-order valence-corrected chi connectivity index (χ2v) is 5.73. The summed E-state index contributed by atoms with van der Waals surface area (Å²) in [6, 6.07) is 4.95. The second kappa shape index (κ2) is 7.98. The number of nitrogens with one attached hydrogen (secondary N) is 1. The molecule has 1 fully saturated rings. The van der Waals surface area contributed by atoms with Crippen LogP contribution in [0.15, 0.2) is 23.4 Å². The smallest absolute Gasteiger partial charge is 0.173 e. The highest BCUT2D eigenvalue weighted by Gasteiger charge is 2.13. The van der Waals surface area contributed by atoms with E-state index in [0.29, 0.717) is 12.1 Å². The number of oxime groups is 1. The SMILES string of the molecule is N/C(=N/O)c1cccc(CNCCC2CCCCC2)c1F. The van der Waals surface area contributed by atoms with Crippen LogP contribution in [0.2, 0.25) is 0 Å². The van der Waals surface area contributed by atoms with Crippen LogP contribution in [-0.4, -0.2) is 17.6 Å². The third-order valence-corrected chi connectivity index (χ3v) is 4.23. The average molecular weight is 293 g/mol. The molecule has 0 spiro atoms. The van der Waals surface area contributed by atoms with E-state index in [4.69, 9.17) is 10.9 Å². The Bertz CT molecular complexity index is 484. The maximum atomic E-state index is 14.2. The van der Waals surface area contributed by atoms with Crippen LogP contribution in [0.4, 0.5) is 4.39 Å². The summed E-state index contributed by atoms with van der Waals surface area (Å²) in [5.74, 6) is 0.203. The van der Waals surface area contributed by atoms with Gasteiger partial charge in [-0.1, -0.05) is 49.4 Å². The van der Waals surface area contributed by atoms with Gasteiger partial charge in [0.1, 0.15) is 5.82 Å². The molecule has 0 bridgehead atoms. The molecule has 0 aromatic heterocycles. The molecule has 1 aromatic carbocycles. The van der Waals surface area contributed by atoms with Gasteiger partial charge in [-0.2, -0.15) is 0 Å². The largest absolute Gasteiger partial charge is 0.409 e. The lowest BCUT2D eigenvalue weighted by Crippen LogP contribution is -2.21. The fourth-order valence-corrected chi connectivity index (χ4v) is 2.97. The summed E-state index contributed by atoms with van der Waals surface area (Å²) in [6.07, 6.45) is 7.88. The van der Waals surface area contributed by atoms with Gasteiger partial charge in [-0.25, -0.2) is 4.39 Å². The molecule has 1 aromatic rings. The van der Waals surface area contributed by atoms with Crippen LogP contribution in [0, 0.1) is 11.7 Å². The van der Waals surface area contributed by atoms with E-state index in [-0.39, 0.29) is 11.4 Å². The number of nitrogens with two attached hydrogens (primary N) is 1. The zero-order valence-corrected chi connectivity index (χ0v) is 12.3. The standard InChI is InChI=1S/C16H24FN3O/c17-15-13(7-4-8-14(15)16(18)20-21)11-19-10-9-12-5-2-1-3-6-12/h4,7-8,12,19,21H,1-3,5-6,9-11H2,(H2,18,20). The van der Waals surface area contributed by atoms with E-state index < -0.39 is 5.82 Å². The van der Waals surface area contributed by atoms with E-state index in [1.54, 1.807) is 12.1 Å². The minimum atomic E-state index is -0.419. The number of halogens is 1. The zero-order valence-electron chi connectivity index (χ0n) is 12.3. The van der Waals surface area contributed by atoms with Gasteiger partial charge in [0, 0.05) is 12.1 Å². The average Bonchev–Trinajstić information content (AvgIpc) is 2.53. The molecular weight excluding hydrogens is 269 g/mol. The number of rotatable bonds is 6. The lowest BCUT2D eigenvalue weighted by atomic mass is 9.87. The number of amidine groups is 1. The van der Waals surface area contributed by atoms with Crippen LogP contribution in [-0.2, 0) is 6.54 Å². The molecule has 0 aliphatic heterocycles. The van der Waals surface area contributed by atoms with Crippen molar-refractivity contribution in [2.24, 2.45) is 16.8 Å². The Kier molecular flexibility index (Phi) is 5.99. The molecule has 0 radical (unpaired) electrons. The molecule has 116 valence electrons. The molecule has 0 saturated heterocycles. The molecular formula is C16H24FN3O. The number of hydrogen-bond donors (Lipinski definition) is 3. The zero-order chi connectivity index (χ0) is 15.1. The molecule has 0 heterocycles. The summed E-state index contributed by atoms with van der Waals surface area (Å²) in [6.45, 7) is 1.36. The summed E-state index contributed by atoms with van der Waals surface area (Å²) in [4.78, 5) is 0. The van der Waals surface area contributed by atoms with Crippen LogP contribution in [0.5, 0.6) is 0 Å². The lowest BCUT2D eigenvalue weighted by Gasteiger charge is -2.21. The van der Waals surface area contributed by atoms with Crippen molar-refractivity contribution in [3.8, 4) is 0 Å². The van der Waals surface area contributed by atoms with Gasteiger partial charge in [-0.15, -0.1) is 0 Å². The first-order valence-electron chi connectivity index (χ1n) is 7.68. The normalized spacial score (nSPS) is 17.1. The molecule has 1 saturated carbocycles. The lowest BCUT2D eigenvalue weighted by molar-refractivity contribution is 0.318. The maximum absolute atomic E-state index is 14.2. The summed E-state index contributed by atoms with van der Waals surface area (Å²) in [5, 5.41) is 14.8. The third kappa shape index (κ3) is 4.43. The molecule has 0 amide bonds. The van der Waals surface area contributed by atoms with Crippen LogP contribution >= 0.6 is 0 Å². The van der Waals surface area contributed by atoms with E-state index in [2.05, 4.69) is 10.5 Å². The van der Waals surface area contributed by atoms with Crippen molar-refractivity contribution >= 4 is 5.84 Å². The van der Waals surface area contributed by atoms with Gasteiger partial charge in [-0.3, -0.25) is 0 Å². The summed E-state index contributed by atoms with van der Waals surface area (Å²) >= 11 is 0. The van der Waals surface area contributed by atoms with E-state index in [1.807, 2.05) is 0 Å². The van der Waals surface area contributed by atoms with E-state index in [1.165, 1.54) is 38.2 Å². The van der Waals surface area contributed by atoms with Crippen molar-refractivity contribution in [3.63, 3.8) is 0 Å². The Hall–Kier alpha value is -1.62. The van der Waals surface area contributed by atoms with Crippen molar-refractivity contribution in [2.75, 3.05) is 6.54 Å². The van der Waals surface area contributed by atoms with E-state index in [9.17, 15) is 4.39 Å². The Labute approximate surface area is 125 Å². The molecule has 21 heavy (non-hydrogen) atoms. The number of benzene rings is 1. The molecule has 4 N–H and O–H groups in total. The van der Waals surface area contributed by atoms with Crippen molar-refractivity contribution in [1.82, 2.24) is 5.32 Å². The highest BCUT2D eigenvalue weighted by Crippen LogP contribution is 2.25. The summed E-state index contributed by atoms with van der Waals surface area (Å²) < 4.78 is 14.2. The molecule has 1 aliphatic carbocycles. The molecule has 0 atom stereocenters. The fourth-order valence-electron chi connectivity index (χ4n) is 2.97. The highest BCUT2D eigenvalue weighted by molar-refractivity contribution is 5.97. The topological polar surface area (TPSA) is 70.6 Å². The van der Waals surface area contributed by atoms with Gasteiger partial charge in [0.15, 0.2) is 5.84 Å². The Balaban J connectivity index is 1.83. The molecule has 0 unspecified atom stereocenters. The van der Waals surface area contributed by atoms with Gasteiger partial charge >= 0.3 is 0 Å². The van der Waals surface area contributed by atoms with E-state index >= 15 is 0 Å². The molecule has 2 rings (SSSR count). The monoisotopic (exact) mass is 293 g/mol. The first-order chi connectivity index (χ1) is 10.2. The predicted octanol–water partition coefficient (Wildman–Crippen LogP) is 2.98. The quantitative estimate of drug-likeness (QED) is 0.248. The number of hydrogen-bond acceptors (Lipinski definition) is 3. The Morgan fingerprint density at radius 3 is 2.81 bits per heavy atom. The van der Waals surface area contributed by atoms with Gasteiger partial charge < -0.3 is 16.3 Å². The highest BCUT2D eigenvalue weighted by atomic mass is 19.1. The van der Waals surface area contributed by atoms with Gasteiger partial charge in [0.05, 0.1) is 5.56 Å². The summed E-state index contributed by atoms with van der Waals surface area (Å²) in [5.41, 5.74) is 6.14. The first kappa shape index (κ1) is 15.8. The Morgan fingerprint density at radius 2 is 2.10 bits per heavy atom. The molecule has 1 aliphatic rings. The summed E-state index contributed by atoms with van der Waals surface area (Å²) in [7, 11) is 0. The number of nitrogens with zero attached hydrogens (tertiary/aromatic N) is 1. The van der Waals surface area contributed by atoms with Gasteiger partial charge in [0.2, 0.25) is 0 Å². The Morgan fingerprint density at radius 1 is 1.33 bits per heavy atom. The van der Waals surface area contributed by atoms with Crippen molar-refractivity contribution in [3.05, 3.63) is 35.1 Å². The molecule has 4 nitrogen and oxygen atoms in total. The van der Waals surface area contributed by atoms with Crippen LogP contribution in [0.1, 0.15) is 49.7 Å².